The van der Waals surface area contributed by atoms with E-state index in [1.54, 1.807) is 6.92 Å². The number of alkyl halides is 17. The summed E-state index contributed by atoms with van der Waals surface area (Å²) in [6.45, 7) is 1.93. The number of halogens is 20. The Morgan fingerprint density at radius 3 is 0.875 bits per heavy atom. The second-order valence-corrected chi connectivity index (χ2v) is 13.8. The van der Waals surface area contributed by atoms with Gasteiger partial charge in [-0.2, -0.15) is 74.6 Å². The third-order valence-electron chi connectivity index (χ3n) is 3.08. The lowest BCUT2D eigenvalue weighted by molar-refractivity contribution is -0.458. The molecule has 0 fully saturated rings. The average molecular weight is 600 g/mol. The summed E-state index contributed by atoms with van der Waals surface area (Å²) in [4.78, 5) is 0. The molecule has 0 atom stereocenters. The summed E-state index contributed by atoms with van der Waals surface area (Å²) in [7, 11) is 0. The van der Waals surface area contributed by atoms with Crippen LogP contribution in [0.15, 0.2) is 0 Å². The lowest BCUT2D eigenvalue weighted by Crippen LogP contribution is -2.75. The molecule has 0 heterocycles. The Balaban J connectivity index is 0. The Hall–Kier alpha value is -0.143. The molecule has 1 N–H and O–H groups in total. The Kier molecular flexibility index (Phi) is 9.72. The molecule has 0 saturated carbocycles. The molecule has 0 saturated heterocycles. The van der Waals surface area contributed by atoms with Crippen LogP contribution in [0, 0.1) is 0 Å². The van der Waals surface area contributed by atoms with Gasteiger partial charge in [0.2, 0.25) is 0 Å². The van der Waals surface area contributed by atoms with Crippen molar-refractivity contribution in [3.63, 3.8) is 0 Å². The first-order valence-corrected chi connectivity index (χ1v) is 11.8. The van der Waals surface area contributed by atoms with Crippen LogP contribution in [-0.4, -0.2) is 65.0 Å². The molecule has 0 spiro atoms. The summed E-state index contributed by atoms with van der Waals surface area (Å²) in [6.07, 6.45) is -7.80. The Morgan fingerprint density at radius 2 is 0.688 bits per heavy atom. The van der Waals surface area contributed by atoms with Gasteiger partial charge in [-0.3, -0.25) is 0 Å². The highest BCUT2D eigenvalue weighted by Crippen LogP contribution is 2.65. The van der Waals surface area contributed by atoms with Crippen LogP contribution in [-0.2, 0) is 0 Å². The number of aliphatic hydroxyl groups excluding tert-OH is 1. The summed E-state index contributed by atoms with van der Waals surface area (Å²) in [5.74, 6) is -50.5. The number of aliphatic hydroxyl groups is 1. The monoisotopic (exact) mass is 598 g/mol. The van der Waals surface area contributed by atoms with Crippen LogP contribution in [0.3, 0.4) is 0 Å². The highest BCUT2D eigenvalue weighted by molar-refractivity contribution is 7.65. The van der Waals surface area contributed by atoms with Gasteiger partial charge in [-0.15, -0.1) is 33.2 Å². The van der Waals surface area contributed by atoms with Gasteiger partial charge in [0, 0.05) is 6.61 Å². The molecule has 196 valence electrons. The molecule has 0 bridgehead atoms. The van der Waals surface area contributed by atoms with Gasteiger partial charge in [0.05, 0.1) is 0 Å². The molecule has 0 amide bonds. The summed E-state index contributed by atoms with van der Waals surface area (Å²) in [5.41, 5.74) is -6.94. The minimum Gasteiger partial charge on any atom is -0.397 e. The van der Waals surface area contributed by atoms with E-state index in [2.05, 4.69) is 33.2 Å². The van der Waals surface area contributed by atoms with Crippen LogP contribution in [0.4, 0.5) is 74.6 Å². The minimum absolute atomic E-state index is 0.250. The molecule has 22 heteroatoms. The van der Waals surface area contributed by atoms with E-state index in [0.29, 0.717) is 0 Å². The van der Waals surface area contributed by atoms with Gasteiger partial charge >= 0.3 is 53.3 Å². The zero-order chi connectivity index (χ0) is 27.2. The van der Waals surface area contributed by atoms with Gasteiger partial charge < -0.3 is 5.11 Å². The average Bonchev–Trinajstić information content (AvgIpc) is 2.52. The van der Waals surface area contributed by atoms with E-state index >= 15 is 0 Å². The topological polar surface area (TPSA) is 20.2 Å². The summed E-state index contributed by atoms with van der Waals surface area (Å²) >= 11 is 12.8. The predicted octanol–water partition coefficient (Wildman–Crippen LogP) is 7.19. The van der Waals surface area contributed by atoms with Crippen molar-refractivity contribution in [2.24, 2.45) is 0 Å². The van der Waals surface area contributed by atoms with Crippen molar-refractivity contribution >= 4 is 39.2 Å². The Labute approximate surface area is 180 Å². The fraction of sp³-hybridized carbons (Fsp3) is 1.00. The molecule has 0 unspecified atom stereocenters. The van der Waals surface area contributed by atoms with Crippen molar-refractivity contribution in [3.8, 4) is 0 Å². The van der Waals surface area contributed by atoms with Crippen LogP contribution in [0.1, 0.15) is 6.92 Å². The maximum absolute atomic E-state index is 13.2. The largest absolute Gasteiger partial charge is 0.460 e. The van der Waals surface area contributed by atoms with E-state index in [4.69, 9.17) is 5.11 Å². The third kappa shape index (κ3) is 4.82. The molecule has 32 heavy (non-hydrogen) atoms. The molecule has 0 aromatic heterocycles. The number of rotatable bonds is 7. The second kappa shape index (κ2) is 9.14. The van der Waals surface area contributed by atoms with Crippen molar-refractivity contribution in [2.45, 2.75) is 54.2 Å². The van der Waals surface area contributed by atoms with E-state index in [1.165, 1.54) is 0 Å². The van der Waals surface area contributed by atoms with Gasteiger partial charge in [0.1, 0.15) is 0 Å². The number of hydrogen-bond donors (Lipinski definition) is 1. The van der Waals surface area contributed by atoms with Crippen LogP contribution in [0.2, 0.25) is 0 Å². The fourth-order valence-electron chi connectivity index (χ4n) is 1.34. The van der Waals surface area contributed by atoms with Crippen LogP contribution >= 0.6 is 33.2 Å². The summed E-state index contributed by atoms with van der Waals surface area (Å²) in [6, 6.07) is -6.62. The molecular weight excluding hydrogens is 594 g/mol. The van der Waals surface area contributed by atoms with Crippen LogP contribution in [0.25, 0.3) is 0 Å². The van der Waals surface area contributed by atoms with E-state index in [0.717, 1.165) is 0 Å². The van der Waals surface area contributed by atoms with Crippen molar-refractivity contribution < 1.29 is 79.7 Å². The molecule has 0 aliphatic heterocycles. The summed E-state index contributed by atoms with van der Waals surface area (Å²) in [5, 5.41) is 7.57. The lowest BCUT2D eigenvalue weighted by atomic mass is 9.91. The molecule has 1 nitrogen and oxygen atoms in total. The first-order chi connectivity index (χ1) is 13.4. The van der Waals surface area contributed by atoms with Gasteiger partial charge in [0.15, 0.2) is 0 Å². The Morgan fingerprint density at radius 1 is 0.500 bits per heavy atom. The zero-order valence-electron chi connectivity index (χ0n) is 14.2. The van der Waals surface area contributed by atoms with Gasteiger partial charge in [-0.1, -0.05) is 0 Å². The quantitative estimate of drug-likeness (QED) is 0.187. The lowest BCUT2D eigenvalue weighted by Gasteiger charge is -2.43. The van der Waals surface area contributed by atoms with Gasteiger partial charge in [-0.05, 0) is 6.92 Å². The number of hydrogen-bond acceptors (Lipinski definition) is 1. The molecule has 0 aliphatic carbocycles. The summed E-state index contributed by atoms with van der Waals surface area (Å²) < 4.78 is 218. The van der Waals surface area contributed by atoms with Gasteiger partial charge in [-0.25, -0.2) is 0 Å². The molecule has 0 rings (SSSR count). The van der Waals surface area contributed by atoms with E-state index in [1.807, 2.05) is 0 Å². The Bertz CT molecular complexity index is 589. The second-order valence-electron chi connectivity index (χ2n) is 5.33. The molecule has 0 aliphatic rings. The van der Waals surface area contributed by atoms with Crippen molar-refractivity contribution in [2.75, 3.05) is 6.61 Å². The maximum Gasteiger partial charge on any atom is 0.460 e. The molecule has 0 radical (unpaired) electrons. The smallest absolute Gasteiger partial charge is 0.397 e. The first-order valence-electron chi connectivity index (χ1n) is 6.80. The van der Waals surface area contributed by atoms with E-state index in [-0.39, 0.29) is 6.61 Å². The SMILES string of the molecule is CCO.FC(F)(F)C(F)(F)C(F)(F)C(F)(F)C(F)(F)C(F)(F)C(F)(F)C(F)(F)[Si](Cl)(Cl)Cl. The normalized spacial score (nSPS) is 15.9. The third-order valence-corrected chi connectivity index (χ3v) is 6.24. The first kappa shape index (κ1) is 34.0. The van der Waals surface area contributed by atoms with Crippen molar-refractivity contribution in [1.82, 2.24) is 0 Å². The van der Waals surface area contributed by atoms with E-state index in [9.17, 15) is 74.6 Å². The predicted molar refractivity (Wildman–Crippen MR) is 76.8 cm³/mol. The van der Waals surface area contributed by atoms with Crippen LogP contribution < -0.4 is 0 Å². The fourth-order valence-corrected chi connectivity index (χ4v) is 2.92. The maximum atomic E-state index is 13.2. The van der Waals surface area contributed by atoms with Crippen LogP contribution in [0.5, 0.6) is 0 Å². The zero-order valence-corrected chi connectivity index (χ0v) is 17.5. The standard InChI is InChI=1S/C8Cl3F17Si.C2H6O/c9-29(10,11)8(27,28)6(22,23)4(18,19)2(14,15)1(12,13)3(16,17)5(20,21)7(24,25)26;1-2-3/h;3H,2H2,1H3. The minimum atomic E-state index is -8.70. The molecular formula is C10H6Cl3F17OSi. The van der Waals surface area contributed by atoms with Crippen molar-refractivity contribution in [3.05, 3.63) is 0 Å². The molecule has 0 aromatic carbocycles. The molecule has 0 aromatic rings. The highest BCUT2D eigenvalue weighted by Gasteiger charge is 2.96. The van der Waals surface area contributed by atoms with Gasteiger partial charge in [0.25, 0.3) is 0 Å². The van der Waals surface area contributed by atoms with E-state index < -0.39 is 53.3 Å². The highest BCUT2D eigenvalue weighted by atomic mass is 35.8. The van der Waals surface area contributed by atoms with Crippen molar-refractivity contribution in [1.29, 1.82) is 0 Å².